The summed E-state index contributed by atoms with van der Waals surface area (Å²) in [5.74, 6) is -0.432. The second kappa shape index (κ2) is 7.52. The van der Waals surface area contributed by atoms with Gasteiger partial charge in [0.1, 0.15) is 6.61 Å². The van der Waals surface area contributed by atoms with Crippen molar-refractivity contribution in [3.8, 4) is 0 Å². The zero-order valence-electron chi connectivity index (χ0n) is 9.83. The van der Waals surface area contributed by atoms with Gasteiger partial charge in [0.05, 0.1) is 0 Å². The Morgan fingerprint density at radius 3 is 2.78 bits per heavy atom. The van der Waals surface area contributed by atoms with Crippen LogP contribution in [-0.2, 0) is 9.53 Å². The van der Waals surface area contributed by atoms with Crippen LogP contribution in [0.4, 0.5) is 10.5 Å². The highest BCUT2D eigenvalue weighted by atomic mass is 35.5. The van der Waals surface area contributed by atoms with E-state index in [0.29, 0.717) is 17.3 Å². The molecule has 0 saturated carbocycles. The third-order valence-corrected chi connectivity index (χ3v) is 2.07. The Labute approximate surface area is 110 Å². The average molecular weight is 272 g/mol. The van der Waals surface area contributed by atoms with Crippen molar-refractivity contribution in [3.05, 3.63) is 29.3 Å². The summed E-state index contributed by atoms with van der Waals surface area (Å²) in [7, 11) is 0. The highest BCUT2D eigenvalue weighted by Crippen LogP contribution is 2.14. The molecule has 0 atom stereocenters. The van der Waals surface area contributed by atoms with E-state index in [1.807, 2.05) is 0 Å². The van der Waals surface area contributed by atoms with Crippen molar-refractivity contribution in [1.29, 1.82) is 0 Å². The number of rotatable bonds is 4. The average Bonchev–Trinajstić information content (AvgIpc) is 2.34. The van der Waals surface area contributed by atoms with Crippen molar-refractivity contribution < 1.29 is 14.3 Å². The van der Waals surface area contributed by atoms with Crippen LogP contribution >= 0.6 is 11.6 Å². The molecule has 0 radical (unpaired) electrons. The van der Waals surface area contributed by atoms with Gasteiger partial charge in [-0.15, -0.1) is 0 Å². The summed E-state index contributed by atoms with van der Waals surface area (Å²) < 4.78 is 4.86. The SMILES string of the molecule is CCOCC(=O)NNC(=O)Nc1cccc(Cl)c1. The van der Waals surface area contributed by atoms with Crippen LogP contribution in [0.15, 0.2) is 24.3 Å². The fraction of sp³-hybridized carbons (Fsp3) is 0.273. The molecular formula is C11H14ClN3O3. The molecule has 0 unspecified atom stereocenters. The van der Waals surface area contributed by atoms with Crippen LogP contribution in [0.25, 0.3) is 0 Å². The summed E-state index contributed by atoms with van der Waals surface area (Å²) in [6.45, 7) is 2.10. The van der Waals surface area contributed by atoms with Crippen molar-refractivity contribution in [2.45, 2.75) is 6.92 Å². The molecule has 0 heterocycles. The molecular weight excluding hydrogens is 258 g/mol. The molecule has 1 aromatic carbocycles. The lowest BCUT2D eigenvalue weighted by molar-refractivity contribution is -0.126. The van der Waals surface area contributed by atoms with Crippen LogP contribution < -0.4 is 16.2 Å². The van der Waals surface area contributed by atoms with E-state index < -0.39 is 11.9 Å². The minimum Gasteiger partial charge on any atom is -0.372 e. The standard InChI is InChI=1S/C11H14ClN3O3/c1-2-18-7-10(16)14-15-11(17)13-9-5-3-4-8(12)6-9/h3-6H,2,7H2,1H3,(H,14,16)(H2,13,15,17). The molecule has 0 aliphatic rings. The van der Waals surface area contributed by atoms with E-state index in [0.717, 1.165) is 0 Å². The predicted octanol–water partition coefficient (Wildman–Crippen LogP) is 1.53. The molecule has 0 bridgehead atoms. The zero-order valence-corrected chi connectivity index (χ0v) is 10.6. The number of ether oxygens (including phenoxy) is 1. The number of nitrogens with one attached hydrogen (secondary N) is 3. The van der Waals surface area contributed by atoms with Gasteiger partial charge < -0.3 is 10.1 Å². The smallest absolute Gasteiger partial charge is 0.337 e. The number of carbonyl (C=O) groups excluding carboxylic acids is 2. The number of hydrogen-bond acceptors (Lipinski definition) is 3. The Balaban J connectivity index is 2.31. The number of hydrazine groups is 1. The fourth-order valence-electron chi connectivity index (χ4n) is 1.09. The van der Waals surface area contributed by atoms with Crippen molar-refractivity contribution >= 4 is 29.2 Å². The quantitative estimate of drug-likeness (QED) is 0.727. The maximum absolute atomic E-state index is 11.4. The molecule has 1 aromatic rings. The summed E-state index contributed by atoms with van der Waals surface area (Å²) in [6, 6.07) is 6.08. The number of urea groups is 1. The van der Waals surface area contributed by atoms with Gasteiger partial charge in [-0.3, -0.25) is 10.2 Å². The Bertz CT molecular complexity index is 426. The molecule has 98 valence electrons. The lowest BCUT2D eigenvalue weighted by Gasteiger charge is -2.09. The molecule has 0 fully saturated rings. The molecule has 0 spiro atoms. The summed E-state index contributed by atoms with van der Waals surface area (Å²) >= 11 is 5.76. The first-order valence-electron chi connectivity index (χ1n) is 5.31. The summed E-state index contributed by atoms with van der Waals surface area (Å²) in [5, 5.41) is 3.01. The first kappa shape index (κ1) is 14.3. The molecule has 0 saturated heterocycles. The number of carbonyl (C=O) groups is 2. The van der Waals surface area contributed by atoms with Gasteiger partial charge in [-0.1, -0.05) is 17.7 Å². The second-order valence-corrected chi connectivity index (χ2v) is 3.71. The highest BCUT2D eigenvalue weighted by molar-refractivity contribution is 6.30. The number of anilines is 1. The van der Waals surface area contributed by atoms with Gasteiger partial charge >= 0.3 is 6.03 Å². The van der Waals surface area contributed by atoms with Crippen molar-refractivity contribution in [2.75, 3.05) is 18.5 Å². The Kier molecular flexibility index (Phi) is 5.96. The van der Waals surface area contributed by atoms with Crippen LogP contribution in [0, 0.1) is 0 Å². The van der Waals surface area contributed by atoms with E-state index in [2.05, 4.69) is 16.2 Å². The predicted molar refractivity (Wildman–Crippen MR) is 68.2 cm³/mol. The van der Waals surface area contributed by atoms with E-state index in [1.165, 1.54) is 0 Å². The van der Waals surface area contributed by atoms with E-state index in [-0.39, 0.29) is 6.61 Å². The third kappa shape index (κ3) is 5.51. The molecule has 0 aliphatic carbocycles. The normalized spacial score (nSPS) is 9.67. The first-order valence-corrected chi connectivity index (χ1v) is 5.68. The summed E-state index contributed by atoms with van der Waals surface area (Å²) in [5.41, 5.74) is 4.91. The van der Waals surface area contributed by atoms with Crippen LogP contribution in [0.5, 0.6) is 0 Å². The van der Waals surface area contributed by atoms with E-state index in [4.69, 9.17) is 16.3 Å². The lowest BCUT2D eigenvalue weighted by Crippen LogP contribution is -2.45. The molecule has 7 heteroatoms. The maximum Gasteiger partial charge on any atom is 0.337 e. The fourth-order valence-corrected chi connectivity index (χ4v) is 1.28. The maximum atomic E-state index is 11.4. The van der Waals surface area contributed by atoms with E-state index >= 15 is 0 Å². The first-order chi connectivity index (χ1) is 8.61. The van der Waals surface area contributed by atoms with Crippen LogP contribution in [0.1, 0.15) is 6.92 Å². The van der Waals surface area contributed by atoms with Crippen LogP contribution in [-0.4, -0.2) is 25.2 Å². The molecule has 18 heavy (non-hydrogen) atoms. The number of hydrogen-bond donors (Lipinski definition) is 3. The van der Waals surface area contributed by atoms with Gasteiger partial charge in [0.15, 0.2) is 0 Å². The minimum atomic E-state index is -0.567. The van der Waals surface area contributed by atoms with Gasteiger partial charge in [-0.25, -0.2) is 10.2 Å². The van der Waals surface area contributed by atoms with Gasteiger partial charge in [0.25, 0.3) is 5.91 Å². The third-order valence-electron chi connectivity index (χ3n) is 1.84. The van der Waals surface area contributed by atoms with Crippen LogP contribution in [0.2, 0.25) is 5.02 Å². The monoisotopic (exact) mass is 271 g/mol. The molecule has 0 aliphatic heterocycles. The summed E-state index contributed by atoms with van der Waals surface area (Å²) in [6.07, 6.45) is 0. The van der Waals surface area contributed by atoms with E-state index in [1.54, 1.807) is 31.2 Å². The molecule has 0 aromatic heterocycles. The minimum absolute atomic E-state index is 0.103. The van der Waals surface area contributed by atoms with Crippen molar-refractivity contribution in [3.63, 3.8) is 0 Å². The Morgan fingerprint density at radius 1 is 1.33 bits per heavy atom. The van der Waals surface area contributed by atoms with Gasteiger partial charge in [-0.2, -0.15) is 0 Å². The number of benzene rings is 1. The second-order valence-electron chi connectivity index (χ2n) is 3.27. The van der Waals surface area contributed by atoms with Gasteiger partial charge in [-0.05, 0) is 25.1 Å². The summed E-state index contributed by atoms with van der Waals surface area (Å²) in [4.78, 5) is 22.5. The Hall–Kier alpha value is -1.79. The molecule has 1 rings (SSSR count). The molecule has 6 nitrogen and oxygen atoms in total. The van der Waals surface area contributed by atoms with E-state index in [9.17, 15) is 9.59 Å². The highest BCUT2D eigenvalue weighted by Gasteiger charge is 2.04. The van der Waals surface area contributed by atoms with Crippen molar-refractivity contribution in [1.82, 2.24) is 10.9 Å². The largest absolute Gasteiger partial charge is 0.372 e. The number of halogens is 1. The molecule has 3 N–H and O–H groups in total. The number of amides is 3. The van der Waals surface area contributed by atoms with Gasteiger partial charge in [0.2, 0.25) is 0 Å². The molecule has 3 amide bonds. The van der Waals surface area contributed by atoms with Crippen LogP contribution in [0.3, 0.4) is 0 Å². The van der Waals surface area contributed by atoms with Gasteiger partial charge in [0, 0.05) is 17.3 Å². The Morgan fingerprint density at radius 2 is 2.11 bits per heavy atom. The van der Waals surface area contributed by atoms with Crippen molar-refractivity contribution in [2.24, 2.45) is 0 Å². The topological polar surface area (TPSA) is 79.5 Å². The lowest BCUT2D eigenvalue weighted by atomic mass is 10.3. The zero-order chi connectivity index (χ0) is 13.4.